The molecule has 7 heteroatoms. The molecule has 150 valence electrons. The summed E-state index contributed by atoms with van der Waals surface area (Å²) in [5.74, 6) is 1.61. The standard InChI is InChI=1S/C22H24N4O2S/c1-5-12-26-21(17-10-7-11-18(13-17)28-4)24-25-22(26)29-14-19(27)23-20-15(2)8-6-9-16(20)3/h5-11,13H,1,12,14H2,2-4H3,(H,23,27). The highest BCUT2D eigenvalue weighted by atomic mass is 32.2. The fraction of sp³-hybridized carbons (Fsp3) is 0.227. The summed E-state index contributed by atoms with van der Waals surface area (Å²) in [7, 11) is 1.63. The number of benzene rings is 2. The third-order valence-corrected chi connectivity index (χ3v) is 5.40. The average molecular weight is 409 g/mol. The second-order valence-corrected chi connectivity index (χ2v) is 7.48. The molecular formula is C22H24N4O2S. The van der Waals surface area contributed by atoms with Gasteiger partial charge in [-0.2, -0.15) is 0 Å². The van der Waals surface area contributed by atoms with Crippen LogP contribution in [-0.2, 0) is 11.3 Å². The van der Waals surface area contributed by atoms with Crippen LogP contribution >= 0.6 is 11.8 Å². The van der Waals surface area contributed by atoms with E-state index in [0.29, 0.717) is 17.5 Å². The average Bonchev–Trinajstić information content (AvgIpc) is 3.12. The molecule has 6 nitrogen and oxygen atoms in total. The van der Waals surface area contributed by atoms with E-state index >= 15 is 0 Å². The first-order chi connectivity index (χ1) is 14.0. The van der Waals surface area contributed by atoms with Crippen molar-refractivity contribution in [2.45, 2.75) is 25.5 Å². The van der Waals surface area contributed by atoms with E-state index in [9.17, 15) is 4.79 Å². The zero-order valence-electron chi connectivity index (χ0n) is 16.8. The molecule has 3 rings (SSSR count). The fourth-order valence-corrected chi connectivity index (χ4v) is 3.73. The van der Waals surface area contributed by atoms with Gasteiger partial charge in [0, 0.05) is 17.8 Å². The number of nitrogens with one attached hydrogen (secondary N) is 1. The summed E-state index contributed by atoms with van der Waals surface area (Å²) in [6, 6.07) is 13.6. The van der Waals surface area contributed by atoms with Crippen molar-refractivity contribution >= 4 is 23.4 Å². The highest BCUT2D eigenvalue weighted by Crippen LogP contribution is 2.27. The maximum absolute atomic E-state index is 12.5. The van der Waals surface area contributed by atoms with Gasteiger partial charge in [-0.1, -0.05) is 48.2 Å². The molecule has 1 heterocycles. The SMILES string of the molecule is C=CCn1c(SCC(=O)Nc2c(C)cccc2C)nnc1-c1cccc(OC)c1. The fourth-order valence-electron chi connectivity index (χ4n) is 2.98. The Hall–Kier alpha value is -3.06. The normalized spacial score (nSPS) is 10.6. The monoisotopic (exact) mass is 408 g/mol. The van der Waals surface area contributed by atoms with Crippen molar-refractivity contribution in [2.75, 3.05) is 18.2 Å². The van der Waals surface area contributed by atoms with Gasteiger partial charge in [-0.15, -0.1) is 16.8 Å². The molecule has 0 saturated carbocycles. The molecule has 0 unspecified atom stereocenters. The lowest BCUT2D eigenvalue weighted by Crippen LogP contribution is -2.16. The molecule has 0 atom stereocenters. The summed E-state index contributed by atoms with van der Waals surface area (Å²) in [5, 5.41) is 12.3. The van der Waals surface area contributed by atoms with Crippen molar-refractivity contribution < 1.29 is 9.53 Å². The maximum Gasteiger partial charge on any atom is 0.234 e. The number of amides is 1. The summed E-state index contributed by atoms with van der Waals surface area (Å²) in [6.45, 7) is 8.33. The van der Waals surface area contributed by atoms with E-state index in [4.69, 9.17) is 4.74 Å². The van der Waals surface area contributed by atoms with Crippen molar-refractivity contribution in [1.82, 2.24) is 14.8 Å². The Labute approximate surface area is 175 Å². The van der Waals surface area contributed by atoms with Gasteiger partial charge in [-0.25, -0.2) is 0 Å². The number of rotatable bonds is 8. The third kappa shape index (κ3) is 4.86. The quantitative estimate of drug-likeness (QED) is 0.439. The summed E-state index contributed by atoms with van der Waals surface area (Å²) >= 11 is 1.35. The number of hydrogen-bond acceptors (Lipinski definition) is 5. The minimum absolute atomic E-state index is 0.0801. The van der Waals surface area contributed by atoms with Gasteiger partial charge >= 0.3 is 0 Å². The van der Waals surface area contributed by atoms with E-state index in [1.54, 1.807) is 13.2 Å². The maximum atomic E-state index is 12.5. The van der Waals surface area contributed by atoms with Crippen LogP contribution in [0.15, 0.2) is 60.3 Å². The number of para-hydroxylation sites is 1. The van der Waals surface area contributed by atoms with Crippen LogP contribution in [0.3, 0.4) is 0 Å². The Balaban J connectivity index is 1.76. The lowest BCUT2D eigenvalue weighted by Gasteiger charge is -2.11. The molecule has 0 aliphatic heterocycles. The molecule has 1 amide bonds. The molecule has 0 bridgehead atoms. The van der Waals surface area contributed by atoms with E-state index in [2.05, 4.69) is 22.1 Å². The Morgan fingerprint density at radius 1 is 1.21 bits per heavy atom. The third-order valence-electron chi connectivity index (χ3n) is 4.43. The summed E-state index contributed by atoms with van der Waals surface area (Å²) in [5.41, 5.74) is 3.84. The summed E-state index contributed by atoms with van der Waals surface area (Å²) in [6.07, 6.45) is 1.79. The van der Waals surface area contributed by atoms with Gasteiger partial charge in [0.1, 0.15) is 5.75 Å². The van der Waals surface area contributed by atoms with Crippen LogP contribution in [0.1, 0.15) is 11.1 Å². The largest absolute Gasteiger partial charge is 0.497 e. The van der Waals surface area contributed by atoms with E-state index in [0.717, 1.165) is 28.1 Å². The molecule has 0 aliphatic rings. The number of aryl methyl sites for hydroxylation is 2. The Kier molecular flexibility index (Phi) is 6.72. The molecule has 0 saturated heterocycles. The topological polar surface area (TPSA) is 69.0 Å². The Morgan fingerprint density at radius 2 is 1.93 bits per heavy atom. The second kappa shape index (κ2) is 9.43. The number of hydrogen-bond donors (Lipinski definition) is 1. The summed E-state index contributed by atoms with van der Waals surface area (Å²) in [4.78, 5) is 12.5. The first-order valence-corrected chi connectivity index (χ1v) is 10.2. The number of aromatic nitrogens is 3. The highest BCUT2D eigenvalue weighted by molar-refractivity contribution is 7.99. The van der Waals surface area contributed by atoms with Gasteiger partial charge in [-0.05, 0) is 37.1 Å². The van der Waals surface area contributed by atoms with Gasteiger partial charge in [-0.3, -0.25) is 9.36 Å². The van der Waals surface area contributed by atoms with Crippen molar-refractivity contribution in [3.05, 3.63) is 66.2 Å². The van der Waals surface area contributed by atoms with Crippen LogP contribution in [0.4, 0.5) is 5.69 Å². The molecule has 0 fully saturated rings. The molecule has 3 aromatic rings. The second-order valence-electron chi connectivity index (χ2n) is 6.54. The lowest BCUT2D eigenvalue weighted by molar-refractivity contribution is -0.113. The Bertz CT molecular complexity index is 1010. The van der Waals surface area contributed by atoms with Crippen LogP contribution < -0.4 is 10.1 Å². The molecule has 1 N–H and O–H groups in total. The van der Waals surface area contributed by atoms with Crippen LogP contribution in [-0.4, -0.2) is 33.5 Å². The molecule has 2 aromatic carbocycles. The van der Waals surface area contributed by atoms with Crippen molar-refractivity contribution in [2.24, 2.45) is 0 Å². The van der Waals surface area contributed by atoms with Crippen molar-refractivity contribution in [3.8, 4) is 17.1 Å². The predicted molar refractivity (Wildman–Crippen MR) is 117 cm³/mol. The molecular weight excluding hydrogens is 384 g/mol. The van der Waals surface area contributed by atoms with Crippen LogP contribution in [0.25, 0.3) is 11.4 Å². The van der Waals surface area contributed by atoms with E-state index < -0.39 is 0 Å². The van der Waals surface area contributed by atoms with Crippen LogP contribution in [0.5, 0.6) is 5.75 Å². The number of carbonyl (C=O) groups excluding carboxylic acids is 1. The van der Waals surface area contributed by atoms with Gasteiger partial charge in [0.15, 0.2) is 11.0 Å². The minimum Gasteiger partial charge on any atom is -0.497 e. The van der Waals surface area contributed by atoms with Gasteiger partial charge in [0.2, 0.25) is 5.91 Å². The van der Waals surface area contributed by atoms with Crippen molar-refractivity contribution in [3.63, 3.8) is 0 Å². The predicted octanol–water partition coefficient (Wildman–Crippen LogP) is 4.49. The van der Waals surface area contributed by atoms with Crippen molar-refractivity contribution in [1.29, 1.82) is 0 Å². The zero-order valence-corrected chi connectivity index (χ0v) is 17.6. The number of methoxy groups -OCH3 is 1. The molecule has 1 aromatic heterocycles. The molecule has 0 aliphatic carbocycles. The van der Waals surface area contributed by atoms with Crippen LogP contribution in [0.2, 0.25) is 0 Å². The lowest BCUT2D eigenvalue weighted by atomic mass is 10.1. The molecule has 29 heavy (non-hydrogen) atoms. The first-order valence-electron chi connectivity index (χ1n) is 9.21. The van der Waals surface area contributed by atoms with Gasteiger partial charge in [0.25, 0.3) is 0 Å². The van der Waals surface area contributed by atoms with E-state index in [-0.39, 0.29) is 11.7 Å². The summed E-state index contributed by atoms with van der Waals surface area (Å²) < 4.78 is 7.25. The van der Waals surface area contributed by atoms with E-state index in [1.807, 2.05) is 60.9 Å². The molecule has 0 radical (unpaired) electrons. The number of thioether (sulfide) groups is 1. The Morgan fingerprint density at radius 3 is 2.62 bits per heavy atom. The number of nitrogens with zero attached hydrogens (tertiary/aromatic N) is 3. The first kappa shape index (κ1) is 20.7. The highest BCUT2D eigenvalue weighted by Gasteiger charge is 2.16. The van der Waals surface area contributed by atoms with Gasteiger partial charge < -0.3 is 10.1 Å². The number of allylic oxidation sites excluding steroid dienone is 1. The smallest absolute Gasteiger partial charge is 0.234 e. The zero-order chi connectivity index (χ0) is 20.8. The minimum atomic E-state index is -0.0801. The van der Waals surface area contributed by atoms with Crippen LogP contribution in [0, 0.1) is 13.8 Å². The number of anilines is 1. The molecule has 0 spiro atoms. The number of ether oxygens (including phenoxy) is 1. The number of carbonyl (C=O) groups is 1. The van der Waals surface area contributed by atoms with E-state index in [1.165, 1.54) is 11.8 Å². The van der Waals surface area contributed by atoms with Gasteiger partial charge in [0.05, 0.1) is 12.9 Å².